The molecule has 0 radical (unpaired) electrons. The Labute approximate surface area is 168 Å². The molecule has 29 heavy (non-hydrogen) atoms. The Morgan fingerprint density at radius 2 is 1.55 bits per heavy atom. The van der Waals surface area contributed by atoms with Gasteiger partial charge in [0.15, 0.2) is 0 Å². The first kappa shape index (κ1) is 19.9. The van der Waals surface area contributed by atoms with E-state index in [-0.39, 0.29) is 5.75 Å². The lowest BCUT2D eigenvalue weighted by Gasteiger charge is -2.27. The van der Waals surface area contributed by atoms with Gasteiger partial charge in [-0.25, -0.2) is 4.79 Å². The molecule has 3 aromatic carbocycles. The number of hydrogen-bond acceptors (Lipinski definition) is 4. The summed E-state index contributed by atoms with van der Waals surface area (Å²) in [6.07, 6.45) is 0. The van der Waals surface area contributed by atoms with Crippen LogP contribution < -0.4 is 10.1 Å². The van der Waals surface area contributed by atoms with Gasteiger partial charge in [0.2, 0.25) is 0 Å². The molecular formula is C23H21NO5. The van der Waals surface area contributed by atoms with Gasteiger partial charge in [-0.15, -0.1) is 0 Å². The Balaban J connectivity index is 2.08. The van der Waals surface area contributed by atoms with Gasteiger partial charge in [-0.3, -0.25) is 4.79 Å². The molecule has 148 valence electrons. The molecule has 1 amide bonds. The summed E-state index contributed by atoms with van der Waals surface area (Å²) in [6.45, 7) is 0. The predicted molar refractivity (Wildman–Crippen MR) is 108 cm³/mol. The number of phenolic OH excluding ortho intramolecular Hbond substituents is 1. The summed E-state index contributed by atoms with van der Waals surface area (Å²) in [7, 11) is 1.49. The van der Waals surface area contributed by atoms with Crippen LogP contribution in [0.15, 0.2) is 78.9 Å². The molecule has 0 aliphatic heterocycles. The number of hydrogen-bond donors (Lipinski definition) is 3. The van der Waals surface area contributed by atoms with E-state index in [1.807, 2.05) is 6.07 Å². The lowest BCUT2D eigenvalue weighted by atomic mass is 9.84. The summed E-state index contributed by atoms with van der Waals surface area (Å²) < 4.78 is 5.24. The number of ether oxygens (including phenoxy) is 1. The largest absolute Gasteiger partial charge is 0.508 e. The molecule has 6 heteroatoms. The first-order valence-corrected chi connectivity index (χ1v) is 9.02. The quantitative estimate of drug-likeness (QED) is 0.574. The highest BCUT2D eigenvalue weighted by atomic mass is 16.5. The molecule has 0 aliphatic rings. The molecule has 0 aliphatic carbocycles. The summed E-state index contributed by atoms with van der Waals surface area (Å²) in [6, 6.07) is 20.6. The van der Waals surface area contributed by atoms with Gasteiger partial charge in [0.05, 0.1) is 7.11 Å². The van der Waals surface area contributed by atoms with Crippen LogP contribution in [0.1, 0.15) is 27.4 Å². The van der Waals surface area contributed by atoms with Crippen molar-refractivity contribution in [3.63, 3.8) is 0 Å². The van der Waals surface area contributed by atoms with Crippen molar-refractivity contribution in [2.75, 3.05) is 7.11 Å². The fourth-order valence-corrected chi connectivity index (χ4v) is 3.22. The number of methoxy groups -OCH3 is 1. The predicted octanol–water partition coefficient (Wildman–Crippen LogP) is 3.42. The van der Waals surface area contributed by atoms with Crippen LogP contribution in [0.3, 0.4) is 0 Å². The van der Waals surface area contributed by atoms with Gasteiger partial charge < -0.3 is 20.3 Å². The number of carboxylic acid groups (broad SMARTS) is 1. The van der Waals surface area contributed by atoms with Crippen LogP contribution in [-0.4, -0.2) is 35.2 Å². The second-order valence-corrected chi connectivity index (χ2v) is 6.47. The molecule has 0 bridgehead atoms. The Morgan fingerprint density at radius 1 is 0.931 bits per heavy atom. The third-order valence-corrected chi connectivity index (χ3v) is 4.65. The van der Waals surface area contributed by atoms with Crippen LogP contribution in [0.2, 0.25) is 0 Å². The molecule has 0 spiro atoms. The van der Waals surface area contributed by atoms with Crippen molar-refractivity contribution in [2.24, 2.45) is 0 Å². The second kappa shape index (κ2) is 8.93. The van der Waals surface area contributed by atoms with Crippen molar-refractivity contribution in [1.29, 1.82) is 0 Å². The van der Waals surface area contributed by atoms with Gasteiger partial charge in [-0.1, -0.05) is 48.5 Å². The van der Waals surface area contributed by atoms with Gasteiger partial charge in [-0.05, 0) is 35.9 Å². The molecule has 0 fully saturated rings. The Kier molecular flexibility index (Phi) is 6.14. The van der Waals surface area contributed by atoms with Gasteiger partial charge >= 0.3 is 5.97 Å². The maximum absolute atomic E-state index is 12.7. The van der Waals surface area contributed by atoms with Crippen molar-refractivity contribution in [2.45, 2.75) is 12.0 Å². The van der Waals surface area contributed by atoms with Crippen LogP contribution in [0.25, 0.3) is 0 Å². The Morgan fingerprint density at radius 3 is 2.14 bits per heavy atom. The standard InChI is InChI=1S/C23H21NO5/c1-29-17-12-13-19(25)18(14-17)20(15-8-4-2-5-9-15)21(23(27)28)24-22(26)16-10-6-3-7-11-16/h2-14,20-21,25H,1H3,(H,24,26)(H,27,28)/t20-,21-/m0/s1. The minimum Gasteiger partial charge on any atom is -0.508 e. The van der Waals surface area contributed by atoms with E-state index in [1.54, 1.807) is 66.7 Å². The van der Waals surface area contributed by atoms with Crippen molar-refractivity contribution in [1.82, 2.24) is 5.32 Å². The van der Waals surface area contributed by atoms with Gasteiger partial charge in [-0.2, -0.15) is 0 Å². The second-order valence-electron chi connectivity index (χ2n) is 6.47. The fourth-order valence-electron chi connectivity index (χ4n) is 3.22. The molecule has 3 rings (SSSR count). The smallest absolute Gasteiger partial charge is 0.327 e. The zero-order valence-electron chi connectivity index (χ0n) is 15.8. The van der Waals surface area contributed by atoms with Crippen LogP contribution in [-0.2, 0) is 4.79 Å². The molecule has 0 saturated heterocycles. The van der Waals surface area contributed by atoms with Crippen molar-refractivity contribution in [3.8, 4) is 11.5 Å². The zero-order valence-corrected chi connectivity index (χ0v) is 15.8. The molecule has 2 atom stereocenters. The maximum atomic E-state index is 12.7. The van der Waals surface area contributed by atoms with E-state index in [1.165, 1.54) is 13.2 Å². The zero-order chi connectivity index (χ0) is 20.8. The van der Waals surface area contributed by atoms with Gasteiger partial charge in [0.1, 0.15) is 17.5 Å². The lowest BCUT2D eigenvalue weighted by molar-refractivity contribution is -0.139. The van der Waals surface area contributed by atoms with E-state index in [0.29, 0.717) is 22.4 Å². The SMILES string of the molecule is COc1ccc(O)c([C@H](c2ccccc2)[C@H](NC(=O)c2ccccc2)C(=O)O)c1. The fraction of sp³-hybridized carbons (Fsp3) is 0.130. The molecule has 0 aromatic heterocycles. The topological polar surface area (TPSA) is 95.9 Å². The number of amides is 1. The Hall–Kier alpha value is -3.80. The molecule has 0 saturated carbocycles. The highest BCUT2D eigenvalue weighted by Gasteiger charge is 2.34. The van der Waals surface area contributed by atoms with Crippen LogP contribution in [0, 0.1) is 0 Å². The average molecular weight is 391 g/mol. The number of carbonyl (C=O) groups is 2. The normalized spacial score (nSPS) is 12.6. The number of aliphatic carboxylic acids is 1. The molecular weight excluding hydrogens is 370 g/mol. The number of rotatable bonds is 7. The van der Waals surface area contributed by atoms with E-state index in [4.69, 9.17) is 4.74 Å². The lowest BCUT2D eigenvalue weighted by Crippen LogP contribution is -2.45. The number of nitrogens with one attached hydrogen (secondary N) is 1. The number of phenols is 1. The minimum absolute atomic E-state index is 0.0835. The molecule has 0 heterocycles. The third kappa shape index (κ3) is 4.55. The summed E-state index contributed by atoms with van der Waals surface area (Å²) in [4.78, 5) is 24.9. The number of benzene rings is 3. The molecule has 6 nitrogen and oxygen atoms in total. The number of aromatic hydroxyl groups is 1. The van der Waals surface area contributed by atoms with Crippen molar-refractivity contribution >= 4 is 11.9 Å². The summed E-state index contributed by atoms with van der Waals surface area (Å²) in [5.41, 5.74) is 1.33. The average Bonchev–Trinajstić information content (AvgIpc) is 2.75. The highest BCUT2D eigenvalue weighted by Crippen LogP contribution is 2.36. The molecule has 0 unspecified atom stereocenters. The maximum Gasteiger partial charge on any atom is 0.327 e. The molecule has 3 aromatic rings. The van der Waals surface area contributed by atoms with Crippen LogP contribution >= 0.6 is 0 Å². The van der Waals surface area contributed by atoms with Gasteiger partial charge in [0.25, 0.3) is 5.91 Å². The Bertz CT molecular complexity index is 989. The van der Waals surface area contributed by atoms with E-state index < -0.39 is 23.8 Å². The monoisotopic (exact) mass is 391 g/mol. The highest BCUT2D eigenvalue weighted by molar-refractivity contribution is 5.97. The molecule has 3 N–H and O–H groups in total. The summed E-state index contributed by atoms with van der Waals surface area (Å²) in [5, 5.41) is 23.0. The van der Waals surface area contributed by atoms with Gasteiger partial charge in [0, 0.05) is 17.0 Å². The number of carboxylic acids is 1. The van der Waals surface area contributed by atoms with E-state index in [0.717, 1.165) is 0 Å². The van der Waals surface area contributed by atoms with Crippen LogP contribution in [0.5, 0.6) is 11.5 Å². The minimum atomic E-state index is -1.32. The van der Waals surface area contributed by atoms with Crippen molar-refractivity contribution < 1.29 is 24.5 Å². The van der Waals surface area contributed by atoms with E-state index in [2.05, 4.69) is 5.32 Å². The van der Waals surface area contributed by atoms with E-state index >= 15 is 0 Å². The first-order valence-electron chi connectivity index (χ1n) is 9.02. The van der Waals surface area contributed by atoms with Crippen molar-refractivity contribution in [3.05, 3.63) is 95.6 Å². The van der Waals surface area contributed by atoms with E-state index in [9.17, 15) is 19.8 Å². The van der Waals surface area contributed by atoms with Crippen LogP contribution in [0.4, 0.5) is 0 Å². The summed E-state index contributed by atoms with van der Waals surface area (Å²) in [5.74, 6) is -2.18. The third-order valence-electron chi connectivity index (χ3n) is 4.65. The summed E-state index contributed by atoms with van der Waals surface area (Å²) >= 11 is 0. The first-order chi connectivity index (χ1) is 14.0. The number of carbonyl (C=O) groups excluding carboxylic acids is 1.